The molecule has 0 radical (unpaired) electrons. The van der Waals surface area contributed by atoms with E-state index in [0.29, 0.717) is 30.1 Å². The number of pyridine rings is 1. The van der Waals surface area contributed by atoms with Crippen molar-refractivity contribution >= 4 is 33.5 Å². The van der Waals surface area contributed by atoms with E-state index in [4.69, 9.17) is 9.73 Å². The summed E-state index contributed by atoms with van der Waals surface area (Å²) in [6.45, 7) is 7.44. The summed E-state index contributed by atoms with van der Waals surface area (Å²) in [4.78, 5) is 31.5. The Kier molecular flexibility index (Phi) is 4.36. The Morgan fingerprint density at radius 3 is 2.94 bits per heavy atom. The summed E-state index contributed by atoms with van der Waals surface area (Å²) in [5, 5.41) is 4.60. The van der Waals surface area contributed by atoms with Crippen molar-refractivity contribution in [3.05, 3.63) is 61.7 Å². The van der Waals surface area contributed by atoms with E-state index in [2.05, 4.69) is 31.1 Å². The molecule has 3 aromatic rings. The molecule has 1 saturated heterocycles. The zero-order valence-corrected chi connectivity index (χ0v) is 19.3. The van der Waals surface area contributed by atoms with Crippen LogP contribution in [0, 0.1) is 0 Å². The van der Waals surface area contributed by atoms with Gasteiger partial charge >= 0.3 is 0 Å². The lowest BCUT2D eigenvalue weighted by Gasteiger charge is -2.36. The second kappa shape index (κ2) is 6.96. The van der Waals surface area contributed by atoms with Crippen molar-refractivity contribution in [2.45, 2.75) is 63.5 Å². The van der Waals surface area contributed by atoms with Gasteiger partial charge in [0.2, 0.25) is 0 Å². The number of para-hydroxylation sites is 1. The summed E-state index contributed by atoms with van der Waals surface area (Å²) in [6.07, 6.45) is 2.48. The van der Waals surface area contributed by atoms with Gasteiger partial charge in [-0.25, -0.2) is 4.99 Å². The van der Waals surface area contributed by atoms with Gasteiger partial charge in [-0.3, -0.25) is 19.4 Å². The molecule has 0 bridgehead atoms. The van der Waals surface area contributed by atoms with Gasteiger partial charge < -0.3 is 9.30 Å². The minimum absolute atomic E-state index is 0.0000466. The molecule has 2 atom stereocenters. The normalized spacial score (nSPS) is 23.9. The zero-order chi connectivity index (χ0) is 22.2. The number of fused-ring (bicyclic) bond motifs is 1. The number of benzene rings is 1. The first-order valence-electron chi connectivity index (χ1n) is 11.2. The molecule has 0 spiro atoms. The highest BCUT2D eigenvalue weighted by Crippen LogP contribution is 2.45. The van der Waals surface area contributed by atoms with Gasteiger partial charge in [0.05, 0.1) is 33.0 Å². The second-order valence-corrected chi connectivity index (χ2v) is 10.9. The number of nitrogens with zero attached hydrogens (tertiary/aromatic N) is 3. The number of rotatable bonds is 2. The molecule has 8 heteroatoms. The van der Waals surface area contributed by atoms with Crippen LogP contribution in [-0.4, -0.2) is 31.6 Å². The van der Waals surface area contributed by atoms with Crippen LogP contribution >= 0.6 is 11.8 Å². The highest BCUT2D eigenvalue weighted by Gasteiger charge is 2.37. The minimum atomic E-state index is -0.370. The van der Waals surface area contributed by atoms with Crippen LogP contribution in [0.3, 0.4) is 0 Å². The average molecular weight is 451 g/mol. The molecule has 0 amide bonds. The molecule has 6 rings (SSSR count). The first-order chi connectivity index (χ1) is 15.3. The third kappa shape index (κ3) is 2.96. The summed E-state index contributed by atoms with van der Waals surface area (Å²) in [6, 6.07) is 8.28. The molecule has 1 fully saturated rings. The number of H-pyrrole nitrogens is 1. The molecule has 1 N–H and O–H groups in total. The van der Waals surface area contributed by atoms with Crippen molar-refractivity contribution in [3.8, 4) is 0 Å². The average Bonchev–Trinajstić information content (AvgIpc) is 3.32. The number of thioether (sulfide) groups is 1. The lowest BCUT2D eigenvalue weighted by molar-refractivity contribution is -0.0705. The van der Waals surface area contributed by atoms with Gasteiger partial charge in [0.1, 0.15) is 0 Å². The van der Waals surface area contributed by atoms with Gasteiger partial charge in [-0.2, -0.15) is 0 Å². The van der Waals surface area contributed by atoms with E-state index in [1.807, 2.05) is 28.3 Å². The standard InChI is InChI=1S/C24H26N4O3S/c1-13-25-21-18(22(29)26-28(21)16-8-10-31-24(2,3)12-16)20(32-13)17-11-15-6-4-5-14-7-9-27(19(14)15)23(17)30/h4-6,11,16,20H,7-10,12H2,1-3H3,(H,26,29)/t16-,20-/m0/s1. The number of hydrogen-bond donors (Lipinski definition) is 1. The van der Waals surface area contributed by atoms with Crippen molar-refractivity contribution in [2.75, 3.05) is 6.61 Å². The van der Waals surface area contributed by atoms with Crippen LogP contribution < -0.4 is 11.1 Å². The fourth-order valence-electron chi connectivity index (χ4n) is 5.49. The van der Waals surface area contributed by atoms with Crippen molar-refractivity contribution in [2.24, 2.45) is 4.99 Å². The number of ether oxygens (including phenoxy) is 1. The smallest absolute Gasteiger partial charge is 0.271 e. The number of hydrogen-bond acceptors (Lipinski definition) is 5. The minimum Gasteiger partial charge on any atom is -0.375 e. The third-order valence-corrected chi connectivity index (χ3v) is 8.05. The molecule has 2 aromatic heterocycles. The maximum Gasteiger partial charge on any atom is 0.271 e. The highest BCUT2D eigenvalue weighted by atomic mass is 32.2. The maximum absolute atomic E-state index is 13.5. The van der Waals surface area contributed by atoms with Crippen LogP contribution in [0.4, 0.5) is 5.82 Å². The lowest BCUT2D eigenvalue weighted by Crippen LogP contribution is -2.35. The summed E-state index contributed by atoms with van der Waals surface area (Å²) >= 11 is 1.49. The molecule has 5 heterocycles. The Labute approximate surface area is 189 Å². The SMILES string of the molecule is CC1=Nc2c(c(=O)[nH]n2[C@H]2CCOC(C)(C)C2)[C@H](c2cc3cccc4c3n(c2=O)CC4)S1. The summed E-state index contributed by atoms with van der Waals surface area (Å²) in [7, 11) is 0. The predicted octanol–water partition coefficient (Wildman–Crippen LogP) is 4.06. The van der Waals surface area contributed by atoms with Gasteiger partial charge in [0, 0.05) is 18.7 Å². The number of aromatic nitrogens is 3. The van der Waals surface area contributed by atoms with Crippen molar-refractivity contribution in [1.82, 2.24) is 14.3 Å². The molecule has 0 unspecified atom stereocenters. The molecule has 0 saturated carbocycles. The van der Waals surface area contributed by atoms with Crippen LogP contribution in [0.5, 0.6) is 0 Å². The van der Waals surface area contributed by atoms with Gasteiger partial charge in [-0.15, -0.1) is 0 Å². The van der Waals surface area contributed by atoms with Crippen LogP contribution in [0.2, 0.25) is 0 Å². The van der Waals surface area contributed by atoms with E-state index >= 15 is 0 Å². The molecular weight excluding hydrogens is 424 g/mol. The van der Waals surface area contributed by atoms with Crippen molar-refractivity contribution in [1.29, 1.82) is 0 Å². The van der Waals surface area contributed by atoms with E-state index < -0.39 is 0 Å². The second-order valence-electron chi connectivity index (χ2n) is 9.59. The number of aliphatic imine (C=N–C) groups is 1. The van der Waals surface area contributed by atoms with Gasteiger partial charge in [0.15, 0.2) is 5.82 Å². The molecule has 3 aliphatic rings. The Morgan fingerprint density at radius 2 is 2.12 bits per heavy atom. The fraction of sp³-hybridized carbons (Fsp3) is 0.458. The number of aromatic amines is 1. The Hall–Kier alpha value is -2.58. The summed E-state index contributed by atoms with van der Waals surface area (Å²) < 4.78 is 9.68. The molecule has 0 aliphatic carbocycles. The van der Waals surface area contributed by atoms with E-state index in [0.717, 1.165) is 35.2 Å². The molecule has 3 aliphatic heterocycles. The van der Waals surface area contributed by atoms with Gasteiger partial charge in [-0.05, 0) is 57.0 Å². The van der Waals surface area contributed by atoms with E-state index in [-0.39, 0.29) is 28.0 Å². The topological polar surface area (TPSA) is 81.4 Å². The largest absolute Gasteiger partial charge is 0.375 e. The summed E-state index contributed by atoms with van der Waals surface area (Å²) in [5.41, 5.74) is 3.08. The van der Waals surface area contributed by atoms with Crippen LogP contribution in [0.1, 0.15) is 61.6 Å². The highest BCUT2D eigenvalue weighted by molar-refractivity contribution is 8.14. The van der Waals surface area contributed by atoms with Gasteiger partial charge in [0.25, 0.3) is 11.1 Å². The molecule has 1 aromatic carbocycles. The number of aryl methyl sites for hydroxylation is 2. The maximum atomic E-state index is 13.5. The Balaban J connectivity index is 1.52. The molecule has 166 valence electrons. The molecule has 7 nitrogen and oxygen atoms in total. The van der Waals surface area contributed by atoms with E-state index in [1.54, 1.807) is 0 Å². The fourth-order valence-corrected chi connectivity index (χ4v) is 6.60. The van der Waals surface area contributed by atoms with Crippen molar-refractivity contribution < 1.29 is 4.74 Å². The third-order valence-electron chi connectivity index (χ3n) is 6.90. The molecule has 32 heavy (non-hydrogen) atoms. The Bertz CT molecular complexity index is 1410. The number of nitrogens with one attached hydrogen (secondary N) is 1. The first kappa shape index (κ1) is 20.1. The Morgan fingerprint density at radius 1 is 1.28 bits per heavy atom. The van der Waals surface area contributed by atoms with E-state index in [9.17, 15) is 9.59 Å². The van der Waals surface area contributed by atoms with Crippen LogP contribution in [-0.2, 0) is 17.7 Å². The predicted molar refractivity (Wildman–Crippen MR) is 127 cm³/mol. The quantitative estimate of drug-likeness (QED) is 0.638. The van der Waals surface area contributed by atoms with Crippen LogP contribution in [0.25, 0.3) is 10.9 Å². The molecular formula is C24H26N4O3S. The van der Waals surface area contributed by atoms with Gasteiger partial charge in [-0.1, -0.05) is 30.0 Å². The monoisotopic (exact) mass is 450 g/mol. The zero-order valence-electron chi connectivity index (χ0n) is 18.5. The van der Waals surface area contributed by atoms with Crippen LogP contribution in [0.15, 0.2) is 38.8 Å². The van der Waals surface area contributed by atoms with Crippen molar-refractivity contribution in [3.63, 3.8) is 0 Å². The summed E-state index contributed by atoms with van der Waals surface area (Å²) in [5.74, 6) is 0.661. The van der Waals surface area contributed by atoms with E-state index in [1.165, 1.54) is 17.3 Å². The lowest BCUT2D eigenvalue weighted by atomic mass is 9.94. The first-order valence-corrected chi connectivity index (χ1v) is 12.1.